The number of nitrogens with zero attached hydrogens (tertiary/aromatic N) is 1. The Balaban J connectivity index is 1.93. The van der Waals surface area contributed by atoms with Crippen LogP contribution in [0.5, 0.6) is 11.5 Å². The number of aryl methyl sites for hydroxylation is 1. The third kappa shape index (κ3) is 5.24. The van der Waals surface area contributed by atoms with E-state index in [0.29, 0.717) is 18.1 Å². The van der Waals surface area contributed by atoms with E-state index in [9.17, 15) is 13.2 Å². The minimum Gasteiger partial charge on any atom is -0.490 e. The first kappa shape index (κ1) is 22.4. The van der Waals surface area contributed by atoms with Crippen molar-refractivity contribution < 1.29 is 22.7 Å². The average Bonchev–Trinajstić information content (AvgIpc) is 2.80. The average molecular weight is 440 g/mol. The predicted molar refractivity (Wildman–Crippen MR) is 120 cm³/mol. The summed E-state index contributed by atoms with van der Waals surface area (Å²) in [6, 6.07) is 21.7. The number of amides is 1. The molecule has 162 valence electrons. The summed E-state index contributed by atoms with van der Waals surface area (Å²) in [5.41, 5.74) is 1.29. The maximum absolute atomic E-state index is 13.3. The van der Waals surface area contributed by atoms with E-state index < -0.39 is 22.5 Å². The summed E-state index contributed by atoms with van der Waals surface area (Å²) in [5.74, 6) is 0.151. The normalized spacial score (nSPS) is 11.0. The first-order valence-corrected chi connectivity index (χ1v) is 11.5. The van der Waals surface area contributed by atoms with Gasteiger partial charge in [0.25, 0.3) is 15.9 Å². The van der Waals surface area contributed by atoms with E-state index in [2.05, 4.69) is 0 Å². The lowest BCUT2D eigenvalue weighted by Crippen LogP contribution is -2.40. The molecule has 0 spiro atoms. The van der Waals surface area contributed by atoms with Crippen molar-refractivity contribution in [1.29, 1.82) is 0 Å². The van der Waals surface area contributed by atoms with Crippen LogP contribution in [0.4, 0.5) is 5.69 Å². The predicted octanol–water partition coefficient (Wildman–Crippen LogP) is 4.45. The fraction of sp³-hybridized carbons (Fsp3) is 0.208. The SMILES string of the molecule is CCOc1ccccc1OCC(=O)N(c1ccc(CC)cc1)S(=O)(=O)c1ccccc1. The smallest absolute Gasteiger partial charge is 0.278 e. The number of para-hydroxylation sites is 2. The van der Waals surface area contributed by atoms with Crippen molar-refractivity contribution in [1.82, 2.24) is 0 Å². The summed E-state index contributed by atoms with van der Waals surface area (Å²) in [6.45, 7) is 3.82. The Morgan fingerprint density at radius 2 is 1.39 bits per heavy atom. The van der Waals surface area contributed by atoms with E-state index in [1.165, 1.54) is 12.1 Å². The van der Waals surface area contributed by atoms with Gasteiger partial charge in [-0.25, -0.2) is 8.42 Å². The second kappa shape index (κ2) is 10.1. The van der Waals surface area contributed by atoms with Crippen LogP contribution in [-0.4, -0.2) is 27.5 Å². The summed E-state index contributed by atoms with van der Waals surface area (Å²) in [7, 11) is -4.13. The molecule has 0 unspecified atom stereocenters. The second-order valence-electron chi connectivity index (χ2n) is 6.66. The van der Waals surface area contributed by atoms with Gasteiger partial charge in [0.2, 0.25) is 0 Å². The summed E-state index contributed by atoms with van der Waals surface area (Å²) < 4.78 is 38.6. The van der Waals surface area contributed by atoms with Gasteiger partial charge in [-0.1, -0.05) is 49.4 Å². The molecule has 3 aromatic rings. The van der Waals surface area contributed by atoms with Crippen molar-refractivity contribution in [2.45, 2.75) is 25.2 Å². The maximum Gasteiger partial charge on any atom is 0.278 e. The maximum atomic E-state index is 13.3. The molecule has 3 aromatic carbocycles. The molecule has 0 aliphatic rings. The monoisotopic (exact) mass is 439 g/mol. The fourth-order valence-electron chi connectivity index (χ4n) is 3.02. The van der Waals surface area contributed by atoms with Crippen LogP contribution in [0.2, 0.25) is 0 Å². The van der Waals surface area contributed by atoms with Crippen LogP contribution in [-0.2, 0) is 21.2 Å². The topological polar surface area (TPSA) is 72.9 Å². The number of anilines is 1. The van der Waals surface area contributed by atoms with Crippen molar-refractivity contribution in [3.05, 3.63) is 84.4 Å². The zero-order valence-electron chi connectivity index (χ0n) is 17.5. The summed E-state index contributed by atoms with van der Waals surface area (Å²) in [4.78, 5) is 13.2. The van der Waals surface area contributed by atoms with Gasteiger partial charge in [-0.2, -0.15) is 4.31 Å². The van der Waals surface area contributed by atoms with E-state index in [-0.39, 0.29) is 10.6 Å². The molecule has 0 aromatic heterocycles. The molecule has 0 aliphatic heterocycles. The van der Waals surface area contributed by atoms with Gasteiger partial charge in [-0.05, 0) is 55.3 Å². The van der Waals surface area contributed by atoms with Gasteiger partial charge in [0, 0.05) is 0 Å². The van der Waals surface area contributed by atoms with E-state index >= 15 is 0 Å². The van der Waals surface area contributed by atoms with Crippen molar-refractivity contribution in [2.24, 2.45) is 0 Å². The molecule has 0 atom stereocenters. The molecule has 7 heteroatoms. The molecule has 0 saturated heterocycles. The highest BCUT2D eigenvalue weighted by Gasteiger charge is 2.31. The van der Waals surface area contributed by atoms with Gasteiger partial charge in [0.05, 0.1) is 17.2 Å². The number of rotatable bonds is 9. The van der Waals surface area contributed by atoms with E-state index in [1.807, 2.05) is 13.8 Å². The molecule has 3 rings (SSSR count). The van der Waals surface area contributed by atoms with E-state index in [1.54, 1.807) is 66.7 Å². The molecule has 0 heterocycles. The molecule has 0 saturated carbocycles. The van der Waals surface area contributed by atoms with Crippen molar-refractivity contribution in [3.63, 3.8) is 0 Å². The quantitative estimate of drug-likeness (QED) is 0.493. The molecular weight excluding hydrogens is 414 g/mol. The molecule has 1 amide bonds. The number of benzene rings is 3. The van der Waals surface area contributed by atoms with Gasteiger partial charge in [-0.15, -0.1) is 0 Å². The molecule has 0 bridgehead atoms. The zero-order valence-corrected chi connectivity index (χ0v) is 18.3. The lowest BCUT2D eigenvalue weighted by molar-refractivity contribution is -0.119. The Morgan fingerprint density at radius 1 is 0.806 bits per heavy atom. The molecule has 31 heavy (non-hydrogen) atoms. The zero-order chi connectivity index (χ0) is 22.3. The van der Waals surface area contributed by atoms with E-state index in [0.717, 1.165) is 16.3 Å². The minimum absolute atomic E-state index is 0.0256. The van der Waals surface area contributed by atoms with Crippen molar-refractivity contribution >= 4 is 21.6 Å². The van der Waals surface area contributed by atoms with E-state index in [4.69, 9.17) is 9.47 Å². The molecule has 0 fully saturated rings. The van der Waals surface area contributed by atoms with Crippen LogP contribution >= 0.6 is 0 Å². The van der Waals surface area contributed by atoms with Gasteiger partial charge >= 0.3 is 0 Å². The highest BCUT2D eigenvalue weighted by Crippen LogP contribution is 2.28. The first-order valence-electron chi connectivity index (χ1n) is 10.0. The standard InChI is InChI=1S/C24H25NO5S/c1-3-19-14-16-20(17-15-19)25(31(27,28)21-10-6-5-7-11-21)24(26)18-30-23-13-9-8-12-22(23)29-4-2/h5-17H,3-4,18H2,1-2H3. The number of ether oxygens (including phenoxy) is 2. The number of sulfonamides is 1. The molecule has 0 N–H and O–H groups in total. The van der Waals surface area contributed by atoms with Crippen LogP contribution < -0.4 is 13.8 Å². The molecular formula is C24H25NO5S. The molecule has 6 nitrogen and oxygen atoms in total. The van der Waals surface area contributed by atoms with Crippen LogP contribution in [0.3, 0.4) is 0 Å². The van der Waals surface area contributed by atoms with Gasteiger partial charge in [0.1, 0.15) is 0 Å². The number of carbonyl (C=O) groups excluding carboxylic acids is 1. The lowest BCUT2D eigenvalue weighted by Gasteiger charge is -2.23. The Bertz CT molecular complexity index is 1110. The van der Waals surface area contributed by atoms with Gasteiger partial charge in [-0.3, -0.25) is 4.79 Å². The fourth-order valence-corrected chi connectivity index (χ4v) is 4.46. The lowest BCUT2D eigenvalue weighted by atomic mass is 10.1. The summed E-state index contributed by atoms with van der Waals surface area (Å²) in [5, 5.41) is 0. The Morgan fingerprint density at radius 3 is 1.97 bits per heavy atom. The van der Waals surface area contributed by atoms with Crippen molar-refractivity contribution in [3.8, 4) is 11.5 Å². The van der Waals surface area contributed by atoms with Crippen LogP contribution in [0.25, 0.3) is 0 Å². The minimum atomic E-state index is -4.13. The first-order chi connectivity index (χ1) is 15.0. The summed E-state index contributed by atoms with van der Waals surface area (Å²) >= 11 is 0. The highest BCUT2D eigenvalue weighted by molar-refractivity contribution is 7.93. The van der Waals surface area contributed by atoms with Crippen molar-refractivity contribution in [2.75, 3.05) is 17.5 Å². The third-order valence-corrected chi connectivity index (χ3v) is 6.35. The Kier molecular flexibility index (Phi) is 7.31. The Labute approximate surface area is 183 Å². The number of carbonyl (C=O) groups is 1. The Hall–Kier alpha value is -3.32. The van der Waals surface area contributed by atoms with Gasteiger partial charge < -0.3 is 9.47 Å². The van der Waals surface area contributed by atoms with Crippen LogP contribution in [0.1, 0.15) is 19.4 Å². The number of hydrogen-bond donors (Lipinski definition) is 0. The largest absolute Gasteiger partial charge is 0.490 e. The van der Waals surface area contributed by atoms with Crippen LogP contribution in [0, 0.1) is 0 Å². The van der Waals surface area contributed by atoms with Gasteiger partial charge in [0.15, 0.2) is 18.1 Å². The second-order valence-corrected chi connectivity index (χ2v) is 8.45. The third-order valence-electron chi connectivity index (χ3n) is 4.59. The molecule has 0 radical (unpaired) electrons. The summed E-state index contributed by atoms with van der Waals surface area (Å²) in [6.07, 6.45) is 0.803. The van der Waals surface area contributed by atoms with Crippen LogP contribution in [0.15, 0.2) is 83.8 Å². The number of hydrogen-bond acceptors (Lipinski definition) is 5. The molecule has 0 aliphatic carbocycles. The highest BCUT2D eigenvalue weighted by atomic mass is 32.2.